The topological polar surface area (TPSA) is 9.23 Å². The van der Waals surface area contributed by atoms with E-state index in [0.717, 1.165) is 12.1 Å². The van der Waals surface area contributed by atoms with E-state index in [2.05, 4.69) is 15.9 Å². The van der Waals surface area contributed by atoms with E-state index in [0.29, 0.717) is 16.3 Å². The van der Waals surface area contributed by atoms with Crippen molar-refractivity contribution in [2.45, 2.75) is 0 Å². The fraction of sp³-hybridized carbons (Fsp3) is 0.0769. The predicted molar refractivity (Wildman–Crippen MR) is 71.1 cm³/mol. The lowest BCUT2D eigenvalue weighted by Crippen LogP contribution is -1.92. The van der Waals surface area contributed by atoms with Gasteiger partial charge in [0.25, 0.3) is 0 Å². The summed E-state index contributed by atoms with van der Waals surface area (Å²) in [7, 11) is 1.45. The van der Waals surface area contributed by atoms with Crippen LogP contribution in [0.15, 0.2) is 34.8 Å². The molecule has 0 unspecified atom stereocenters. The maximum Gasteiger partial charge on any atom is 0.138 e. The highest BCUT2D eigenvalue weighted by Gasteiger charge is 2.14. The van der Waals surface area contributed by atoms with Gasteiger partial charge in [-0.05, 0) is 46.3 Å². The molecule has 0 spiro atoms. The van der Waals surface area contributed by atoms with E-state index in [-0.39, 0.29) is 10.0 Å². The molecular weight excluding hydrogens is 325 g/mol. The van der Waals surface area contributed by atoms with Crippen LogP contribution in [-0.2, 0) is 0 Å². The molecule has 2 rings (SSSR count). The molecule has 94 valence electrons. The van der Waals surface area contributed by atoms with Gasteiger partial charge >= 0.3 is 0 Å². The Morgan fingerprint density at radius 1 is 1.06 bits per heavy atom. The number of ether oxygens (including phenoxy) is 1. The van der Waals surface area contributed by atoms with Gasteiger partial charge in [0.1, 0.15) is 17.4 Å². The van der Waals surface area contributed by atoms with E-state index in [1.54, 1.807) is 18.2 Å². The number of rotatable bonds is 2. The Hall–Kier alpha value is -1.13. The minimum atomic E-state index is -0.539. The van der Waals surface area contributed by atoms with Gasteiger partial charge in [-0.25, -0.2) is 8.78 Å². The zero-order valence-electron chi connectivity index (χ0n) is 9.31. The van der Waals surface area contributed by atoms with Gasteiger partial charge < -0.3 is 4.74 Å². The third-order valence-electron chi connectivity index (χ3n) is 2.46. The van der Waals surface area contributed by atoms with Gasteiger partial charge in [-0.1, -0.05) is 11.6 Å². The number of hydrogen-bond acceptors (Lipinski definition) is 1. The van der Waals surface area contributed by atoms with Gasteiger partial charge in [0.05, 0.1) is 11.6 Å². The fourth-order valence-corrected chi connectivity index (χ4v) is 2.09. The maximum absolute atomic E-state index is 13.8. The first-order chi connectivity index (χ1) is 8.52. The third kappa shape index (κ3) is 2.49. The molecule has 2 aromatic carbocycles. The Balaban J connectivity index is 2.65. The average Bonchev–Trinajstić information content (AvgIpc) is 2.34. The minimum Gasteiger partial charge on any atom is -0.496 e. The van der Waals surface area contributed by atoms with E-state index in [1.165, 1.54) is 7.11 Å². The lowest BCUT2D eigenvalue weighted by Gasteiger charge is -2.10. The van der Waals surface area contributed by atoms with Crippen LogP contribution in [0.4, 0.5) is 8.78 Å². The summed E-state index contributed by atoms with van der Waals surface area (Å²) < 4.78 is 32.5. The summed E-state index contributed by atoms with van der Waals surface area (Å²) in [6.07, 6.45) is 0. The lowest BCUT2D eigenvalue weighted by molar-refractivity contribution is 0.416. The lowest BCUT2D eigenvalue weighted by atomic mass is 10.0. The molecule has 2 aromatic rings. The molecule has 0 radical (unpaired) electrons. The Labute approximate surface area is 116 Å². The van der Waals surface area contributed by atoms with Crippen LogP contribution in [-0.4, -0.2) is 7.11 Å². The van der Waals surface area contributed by atoms with Crippen molar-refractivity contribution in [2.24, 2.45) is 0 Å². The Morgan fingerprint density at radius 2 is 1.78 bits per heavy atom. The van der Waals surface area contributed by atoms with Crippen LogP contribution in [0.5, 0.6) is 5.75 Å². The Kier molecular flexibility index (Phi) is 3.88. The highest BCUT2D eigenvalue weighted by molar-refractivity contribution is 9.10. The maximum atomic E-state index is 13.8. The smallest absolute Gasteiger partial charge is 0.138 e. The minimum absolute atomic E-state index is 0.0803. The molecule has 0 heterocycles. The van der Waals surface area contributed by atoms with Crippen LogP contribution >= 0.6 is 27.5 Å². The summed E-state index contributed by atoms with van der Waals surface area (Å²) in [4.78, 5) is 0. The van der Waals surface area contributed by atoms with Crippen LogP contribution in [0.25, 0.3) is 11.1 Å². The first-order valence-electron chi connectivity index (χ1n) is 5.01. The number of benzene rings is 2. The third-order valence-corrected chi connectivity index (χ3v) is 3.31. The van der Waals surface area contributed by atoms with E-state index in [1.807, 2.05) is 0 Å². The van der Waals surface area contributed by atoms with E-state index < -0.39 is 11.6 Å². The first kappa shape index (κ1) is 13.3. The van der Waals surface area contributed by atoms with Gasteiger partial charge in [-0.3, -0.25) is 0 Å². The molecular formula is C13H8BrClF2O. The van der Waals surface area contributed by atoms with Crippen LogP contribution in [0.1, 0.15) is 0 Å². The molecule has 0 saturated carbocycles. The zero-order chi connectivity index (χ0) is 13.3. The van der Waals surface area contributed by atoms with E-state index in [4.69, 9.17) is 16.3 Å². The monoisotopic (exact) mass is 332 g/mol. The summed E-state index contributed by atoms with van der Waals surface area (Å²) in [5.74, 6) is -0.685. The van der Waals surface area contributed by atoms with Crippen molar-refractivity contribution in [3.05, 3.63) is 51.5 Å². The second-order valence-electron chi connectivity index (χ2n) is 3.59. The van der Waals surface area contributed by atoms with Crippen LogP contribution in [0.3, 0.4) is 0 Å². The molecule has 0 amide bonds. The van der Waals surface area contributed by atoms with Gasteiger partial charge in [-0.15, -0.1) is 0 Å². The second-order valence-corrected chi connectivity index (χ2v) is 4.88. The number of hydrogen-bond donors (Lipinski definition) is 0. The van der Waals surface area contributed by atoms with E-state index >= 15 is 0 Å². The normalized spacial score (nSPS) is 10.5. The second kappa shape index (κ2) is 5.24. The standard InChI is InChI=1S/C13H8BrClF2O/c1-18-13-4-7(15)2-3-8(13)9-5-12(17)10(14)6-11(9)16/h2-6H,1H3. The van der Waals surface area contributed by atoms with Crippen molar-refractivity contribution in [1.29, 1.82) is 0 Å². The van der Waals surface area contributed by atoms with Gasteiger partial charge in [-0.2, -0.15) is 0 Å². The molecule has 0 N–H and O–H groups in total. The number of methoxy groups -OCH3 is 1. The average molecular weight is 334 g/mol. The number of halogens is 4. The summed E-state index contributed by atoms with van der Waals surface area (Å²) in [5.41, 5.74) is 0.579. The molecule has 1 nitrogen and oxygen atoms in total. The van der Waals surface area contributed by atoms with Crippen molar-refractivity contribution in [3.63, 3.8) is 0 Å². The molecule has 0 bridgehead atoms. The Morgan fingerprint density at radius 3 is 2.44 bits per heavy atom. The van der Waals surface area contributed by atoms with Gasteiger partial charge in [0.2, 0.25) is 0 Å². The largest absolute Gasteiger partial charge is 0.496 e. The zero-order valence-corrected chi connectivity index (χ0v) is 11.6. The molecule has 0 aliphatic carbocycles. The molecule has 5 heteroatoms. The summed E-state index contributed by atoms with van der Waals surface area (Å²) in [5, 5.41) is 0.466. The molecule has 18 heavy (non-hydrogen) atoms. The summed E-state index contributed by atoms with van der Waals surface area (Å²) in [6.45, 7) is 0. The van der Waals surface area contributed by atoms with Crippen molar-refractivity contribution >= 4 is 27.5 Å². The van der Waals surface area contributed by atoms with Gasteiger partial charge in [0, 0.05) is 16.1 Å². The SMILES string of the molecule is COc1cc(Cl)ccc1-c1cc(F)c(Br)cc1F. The highest BCUT2D eigenvalue weighted by Crippen LogP contribution is 2.35. The summed E-state index contributed by atoms with van der Waals surface area (Å²) >= 11 is 8.76. The molecule has 0 aliphatic heterocycles. The van der Waals surface area contributed by atoms with Crippen LogP contribution < -0.4 is 4.74 Å². The molecule has 0 aliphatic rings. The molecule has 0 fully saturated rings. The molecule has 0 aromatic heterocycles. The first-order valence-corrected chi connectivity index (χ1v) is 6.18. The fourth-order valence-electron chi connectivity index (χ4n) is 1.62. The van der Waals surface area contributed by atoms with E-state index in [9.17, 15) is 8.78 Å². The van der Waals surface area contributed by atoms with Crippen molar-refractivity contribution < 1.29 is 13.5 Å². The van der Waals surface area contributed by atoms with Crippen molar-refractivity contribution in [2.75, 3.05) is 7.11 Å². The van der Waals surface area contributed by atoms with Gasteiger partial charge in [0.15, 0.2) is 0 Å². The predicted octanol–water partition coefficient (Wildman–Crippen LogP) is 5.06. The Bertz CT molecular complexity index is 602. The van der Waals surface area contributed by atoms with Crippen molar-refractivity contribution in [1.82, 2.24) is 0 Å². The highest BCUT2D eigenvalue weighted by atomic mass is 79.9. The summed E-state index contributed by atoms with van der Waals surface area (Å²) in [6, 6.07) is 6.94. The van der Waals surface area contributed by atoms with Crippen LogP contribution in [0, 0.1) is 11.6 Å². The molecule has 0 saturated heterocycles. The quantitative estimate of drug-likeness (QED) is 0.698. The molecule has 0 atom stereocenters. The van der Waals surface area contributed by atoms with Crippen LogP contribution in [0.2, 0.25) is 5.02 Å². The van der Waals surface area contributed by atoms with Crippen molar-refractivity contribution in [3.8, 4) is 16.9 Å².